The van der Waals surface area contributed by atoms with Gasteiger partial charge in [0.1, 0.15) is 5.82 Å². The maximum Gasteiger partial charge on any atom is 0.311 e. The molecule has 20 heavy (non-hydrogen) atoms. The van der Waals surface area contributed by atoms with E-state index in [4.69, 9.17) is 5.73 Å². The van der Waals surface area contributed by atoms with E-state index in [9.17, 15) is 10.1 Å². The number of nitrogens with one attached hydrogen (secondary N) is 1. The highest BCUT2D eigenvalue weighted by Gasteiger charge is 2.14. The second-order valence-electron chi connectivity index (χ2n) is 4.28. The van der Waals surface area contributed by atoms with Crippen molar-refractivity contribution in [3.63, 3.8) is 0 Å². The van der Waals surface area contributed by atoms with Gasteiger partial charge in [-0.1, -0.05) is 28.1 Å². The van der Waals surface area contributed by atoms with Crippen LogP contribution in [-0.4, -0.2) is 9.91 Å². The molecular weight excluding hydrogens is 324 g/mol. The number of halogens is 1. The fourth-order valence-electron chi connectivity index (χ4n) is 1.78. The van der Waals surface area contributed by atoms with E-state index >= 15 is 0 Å². The van der Waals surface area contributed by atoms with Gasteiger partial charge in [0.15, 0.2) is 0 Å². The molecule has 1 aromatic carbocycles. The minimum absolute atomic E-state index is 0.000793. The Morgan fingerprint density at radius 3 is 2.75 bits per heavy atom. The van der Waals surface area contributed by atoms with Crippen molar-refractivity contribution >= 4 is 33.3 Å². The number of nitrogens with two attached hydrogens (primary N) is 1. The van der Waals surface area contributed by atoms with Crippen LogP contribution in [0.1, 0.15) is 18.5 Å². The smallest absolute Gasteiger partial charge is 0.311 e. The molecule has 7 heteroatoms. The number of nitrogens with zero attached hydrogens (tertiary/aromatic N) is 2. The van der Waals surface area contributed by atoms with Crippen LogP contribution in [0.15, 0.2) is 40.9 Å². The first-order valence-electron chi connectivity index (χ1n) is 5.90. The summed E-state index contributed by atoms with van der Waals surface area (Å²) in [6, 6.07) is 10.7. The van der Waals surface area contributed by atoms with Crippen molar-refractivity contribution in [1.29, 1.82) is 0 Å². The molecule has 3 N–H and O–H groups in total. The predicted molar refractivity (Wildman–Crippen MR) is 81.5 cm³/mol. The molecule has 0 bridgehead atoms. The SMILES string of the molecule is CC(Nc1ccc([N+](=O)[O-])c(N)n1)c1cccc(Br)c1. The number of anilines is 2. The summed E-state index contributed by atoms with van der Waals surface area (Å²) in [5.41, 5.74) is 6.44. The molecule has 0 spiro atoms. The number of hydrogen-bond donors (Lipinski definition) is 2. The van der Waals surface area contributed by atoms with Gasteiger partial charge >= 0.3 is 5.69 Å². The lowest BCUT2D eigenvalue weighted by Gasteiger charge is -2.15. The summed E-state index contributed by atoms with van der Waals surface area (Å²) in [4.78, 5) is 14.1. The minimum atomic E-state index is -0.552. The van der Waals surface area contributed by atoms with Crippen LogP contribution in [0, 0.1) is 10.1 Å². The van der Waals surface area contributed by atoms with E-state index in [1.807, 2.05) is 31.2 Å². The van der Waals surface area contributed by atoms with Gasteiger partial charge in [-0.05, 0) is 30.7 Å². The monoisotopic (exact) mass is 336 g/mol. The van der Waals surface area contributed by atoms with E-state index in [0.717, 1.165) is 10.0 Å². The summed E-state index contributed by atoms with van der Waals surface area (Å²) < 4.78 is 0.986. The second-order valence-corrected chi connectivity index (χ2v) is 5.19. The number of hydrogen-bond acceptors (Lipinski definition) is 5. The van der Waals surface area contributed by atoms with E-state index < -0.39 is 4.92 Å². The first-order chi connectivity index (χ1) is 9.47. The number of aromatic nitrogens is 1. The average Bonchev–Trinajstić information content (AvgIpc) is 2.38. The molecule has 0 radical (unpaired) electrons. The molecule has 1 atom stereocenters. The van der Waals surface area contributed by atoms with Gasteiger partial charge in [-0.15, -0.1) is 0 Å². The largest absolute Gasteiger partial charge is 0.378 e. The molecule has 0 amide bonds. The normalized spacial score (nSPS) is 11.9. The fraction of sp³-hybridized carbons (Fsp3) is 0.154. The summed E-state index contributed by atoms with van der Waals surface area (Å²) in [6.07, 6.45) is 0. The lowest BCUT2D eigenvalue weighted by molar-refractivity contribution is -0.384. The molecule has 0 saturated heterocycles. The van der Waals surface area contributed by atoms with E-state index in [0.29, 0.717) is 5.82 Å². The van der Waals surface area contributed by atoms with Gasteiger partial charge in [0.25, 0.3) is 0 Å². The molecule has 104 valence electrons. The van der Waals surface area contributed by atoms with Crippen molar-refractivity contribution < 1.29 is 4.92 Å². The lowest BCUT2D eigenvalue weighted by Crippen LogP contribution is -2.09. The topological polar surface area (TPSA) is 94.1 Å². The summed E-state index contributed by atoms with van der Waals surface area (Å²) >= 11 is 3.41. The van der Waals surface area contributed by atoms with Crippen LogP contribution < -0.4 is 11.1 Å². The third-order valence-corrected chi connectivity index (χ3v) is 3.31. The Balaban J connectivity index is 2.18. The van der Waals surface area contributed by atoms with Gasteiger partial charge in [-0.3, -0.25) is 10.1 Å². The standard InChI is InChI=1S/C13H13BrN4O2/c1-8(9-3-2-4-10(14)7-9)16-12-6-5-11(18(19)20)13(15)17-12/h2-8H,1H3,(H3,15,16,17). The first kappa shape index (κ1) is 14.3. The van der Waals surface area contributed by atoms with Gasteiger partial charge in [-0.25, -0.2) is 4.98 Å². The predicted octanol–water partition coefficient (Wildman–Crippen LogP) is 3.51. The third kappa shape index (κ3) is 3.24. The molecule has 6 nitrogen and oxygen atoms in total. The quantitative estimate of drug-likeness (QED) is 0.658. The van der Waals surface area contributed by atoms with E-state index in [2.05, 4.69) is 26.2 Å². The molecule has 0 fully saturated rings. The van der Waals surface area contributed by atoms with Gasteiger partial charge in [0.2, 0.25) is 5.82 Å². The van der Waals surface area contributed by atoms with Crippen molar-refractivity contribution in [2.75, 3.05) is 11.1 Å². The Morgan fingerprint density at radius 1 is 1.40 bits per heavy atom. The maximum absolute atomic E-state index is 10.7. The number of rotatable bonds is 4. The molecule has 2 rings (SSSR count). The summed E-state index contributed by atoms with van der Waals surface area (Å²) in [5, 5.41) is 13.8. The highest BCUT2D eigenvalue weighted by Crippen LogP contribution is 2.24. The Labute approximate surface area is 124 Å². The zero-order valence-electron chi connectivity index (χ0n) is 10.7. The van der Waals surface area contributed by atoms with Gasteiger partial charge in [-0.2, -0.15) is 0 Å². The fourth-order valence-corrected chi connectivity index (χ4v) is 2.20. The van der Waals surface area contributed by atoms with Crippen LogP contribution in [0.3, 0.4) is 0 Å². The minimum Gasteiger partial charge on any atom is -0.378 e. The van der Waals surface area contributed by atoms with Gasteiger partial charge in [0, 0.05) is 16.6 Å². The van der Waals surface area contributed by atoms with Crippen molar-refractivity contribution in [2.24, 2.45) is 0 Å². The van der Waals surface area contributed by atoms with Crippen LogP contribution >= 0.6 is 15.9 Å². The number of nitro groups is 1. The van der Waals surface area contributed by atoms with Crippen molar-refractivity contribution in [3.05, 3.63) is 56.5 Å². The Bertz CT molecular complexity index is 648. The summed E-state index contributed by atoms with van der Waals surface area (Å²) in [6.45, 7) is 1.97. The van der Waals surface area contributed by atoms with Crippen LogP contribution in [0.4, 0.5) is 17.3 Å². The van der Waals surface area contributed by atoms with Gasteiger partial charge in [0.05, 0.1) is 4.92 Å². The van der Waals surface area contributed by atoms with Crippen molar-refractivity contribution in [3.8, 4) is 0 Å². The van der Waals surface area contributed by atoms with E-state index in [-0.39, 0.29) is 17.5 Å². The summed E-state index contributed by atoms with van der Waals surface area (Å²) in [5.74, 6) is 0.405. The Hall–Kier alpha value is -2.15. The molecule has 0 aliphatic carbocycles. The molecule has 2 aromatic rings. The zero-order valence-corrected chi connectivity index (χ0v) is 12.3. The lowest BCUT2D eigenvalue weighted by atomic mass is 10.1. The van der Waals surface area contributed by atoms with Crippen LogP contribution in [0.25, 0.3) is 0 Å². The highest BCUT2D eigenvalue weighted by molar-refractivity contribution is 9.10. The molecule has 0 aliphatic rings. The number of pyridine rings is 1. The third-order valence-electron chi connectivity index (χ3n) is 2.81. The Morgan fingerprint density at radius 2 is 2.15 bits per heavy atom. The van der Waals surface area contributed by atoms with Gasteiger partial charge < -0.3 is 11.1 Å². The van der Waals surface area contributed by atoms with Crippen LogP contribution in [0.2, 0.25) is 0 Å². The highest BCUT2D eigenvalue weighted by atomic mass is 79.9. The summed E-state index contributed by atoms with van der Waals surface area (Å²) in [7, 11) is 0. The number of nitrogen functional groups attached to an aromatic ring is 1. The molecule has 1 aromatic heterocycles. The van der Waals surface area contributed by atoms with Crippen LogP contribution in [0.5, 0.6) is 0 Å². The molecular formula is C13H13BrN4O2. The van der Waals surface area contributed by atoms with E-state index in [1.165, 1.54) is 6.07 Å². The molecule has 1 unspecified atom stereocenters. The molecule has 0 aliphatic heterocycles. The Kier molecular flexibility index (Phi) is 4.19. The first-order valence-corrected chi connectivity index (χ1v) is 6.69. The van der Waals surface area contributed by atoms with Crippen molar-refractivity contribution in [2.45, 2.75) is 13.0 Å². The van der Waals surface area contributed by atoms with Crippen molar-refractivity contribution in [1.82, 2.24) is 4.98 Å². The number of benzene rings is 1. The molecule has 0 saturated carbocycles. The second kappa shape index (κ2) is 5.87. The average molecular weight is 337 g/mol. The zero-order chi connectivity index (χ0) is 14.7. The maximum atomic E-state index is 10.7. The van der Waals surface area contributed by atoms with E-state index in [1.54, 1.807) is 6.07 Å². The van der Waals surface area contributed by atoms with Crippen LogP contribution in [-0.2, 0) is 0 Å². The molecule has 1 heterocycles.